The van der Waals surface area contributed by atoms with E-state index in [0.717, 1.165) is 51.9 Å². The van der Waals surface area contributed by atoms with Gasteiger partial charge in [-0.1, -0.05) is 62.0 Å². The summed E-state index contributed by atoms with van der Waals surface area (Å²) in [7, 11) is 0. The maximum Gasteiger partial charge on any atom is 0.234 e. The first-order chi connectivity index (χ1) is 13.5. The molecule has 146 valence electrons. The predicted octanol–water partition coefficient (Wildman–Crippen LogP) is 4.74. The van der Waals surface area contributed by atoms with Crippen LogP contribution in [0.4, 0.5) is 5.69 Å². The Bertz CT molecular complexity index is 958. The molecule has 3 rings (SSSR count). The van der Waals surface area contributed by atoms with E-state index >= 15 is 0 Å². The van der Waals surface area contributed by atoms with Crippen LogP contribution in [-0.2, 0) is 17.6 Å². The zero-order chi connectivity index (χ0) is 20.1. The normalized spacial score (nSPS) is 10.9. The van der Waals surface area contributed by atoms with E-state index in [4.69, 9.17) is 0 Å². The molecule has 0 saturated carbocycles. The van der Waals surface area contributed by atoms with E-state index in [1.54, 1.807) is 0 Å². The lowest BCUT2D eigenvalue weighted by Gasteiger charge is -2.14. The monoisotopic (exact) mass is 394 g/mol. The molecule has 0 aliphatic rings. The highest BCUT2D eigenvalue weighted by Crippen LogP contribution is 2.26. The topological polar surface area (TPSA) is 59.8 Å². The quantitative estimate of drug-likeness (QED) is 0.588. The molecule has 2 aromatic carbocycles. The summed E-state index contributed by atoms with van der Waals surface area (Å²) >= 11 is 1.40. The molecule has 5 nitrogen and oxygen atoms in total. The number of hydrogen-bond acceptors (Lipinski definition) is 4. The van der Waals surface area contributed by atoms with Crippen molar-refractivity contribution in [3.8, 4) is 5.69 Å². The summed E-state index contributed by atoms with van der Waals surface area (Å²) in [6.07, 6.45) is 1.77. The highest BCUT2D eigenvalue weighted by molar-refractivity contribution is 7.99. The molecule has 0 fully saturated rings. The third-order valence-corrected chi connectivity index (χ3v) is 5.68. The van der Waals surface area contributed by atoms with Gasteiger partial charge in [0, 0.05) is 5.69 Å². The van der Waals surface area contributed by atoms with Crippen molar-refractivity contribution < 1.29 is 4.79 Å². The highest BCUT2D eigenvalue weighted by atomic mass is 32.2. The van der Waals surface area contributed by atoms with Crippen LogP contribution in [0.5, 0.6) is 0 Å². The third kappa shape index (κ3) is 4.28. The highest BCUT2D eigenvalue weighted by Gasteiger charge is 2.16. The van der Waals surface area contributed by atoms with Crippen LogP contribution in [0.3, 0.4) is 0 Å². The van der Waals surface area contributed by atoms with Crippen LogP contribution in [-0.4, -0.2) is 26.4 Å². The van der Waals surface area contributed by atoms with Crippen molar-refractivity contribution in [2.75, 3.05) is 11.1 Å². The summed E-state index contributed by atoms with van der Waals surface area (Å²) in [5.74, 6) is 1.06. The Balaban J connectivity index is 1.76. The molecule has 1 aromatic heterocycles. The van der Waals surface area contributed by atoms with Gasteiger partial charge in [0.2, 0.25) is 5.91 Å². The van der Waals surface area contributed by atoms with E-state index in [2.05, 4.69) is 60.6 Å². The number of para-hydroxylation sites is 2. The number of thioether (sulfide) groups is 1. The van der Waals surface area contributed by atoms with Crippen molar-refractivity contribution >= 4 is 23.4 Å². The first kappa shape index (κ1) is 20.1. The lowest BCUT2D eigenvalue weighted by molar-refractivity contribution is -0.113. The Morgan fingerprint density at radius 1 is 1.00 bits per heavy atom. The predicted molar refractivity (Wildman–Crippen MR) is 115 cm³/mol. The number of nitrogens with one attached hydrogen (secondary N) is 1. The van der Waals surface area contributed by atoms with Gasteiger partial charge in [0.1, 0.15) is 5.82 Å². The molecule has 1 amide bonds. The molecule has 0 aliphatic carbocycles. The fourth-order valence-corrected chi connectivity index (χ4v) is 4.03. The fraction of sp³-hybridized carbons (Fsp3) is 0.318. The van der Waals surface area contributed by atoms with Crippen LogP contribution in [0.1, 0.15) is 36.4 Å². The summed E-state index contributed by atoms with van der Waals surface area (Å²) in [5, 5.41) is 12.3. The minimum atomic E-state index is -0.0300. The lowest BCUT2D eigenvalue weighted by atomic mass is 10.0. The molecule has 0 saturated heterocycles. The minimum Gasteiger partial charge on any atom is -0.325 e. The van der Waals surface area contributed by atoms with Gasteiger partial charge in [-0.3, -0.25) is 9.36 Å². The van der Waals surface area contributed by atoms with Crippen molar-refractivity contribution in [1.29, 1.82) is 0 Å². The largest absolute Gasteiger partial charge is 0.325 e. The molecule has 6 heteroatoms. The lowest BCUT2D eigenvalue weighted by Crippen LogP contribution is -2.17. The zero-order valence-corrected chi connectivity index (χ0v) is 17.6. The van der Waals surface area contributed by atoms with Gasteiger partial charge in [0.15, 0.2) is 5.16 Å². The van der Waals surface area contributed by atoms with Crippen LogP contribution in [0.2, 0.25) is 0 Å². The summed E-state index contributed by atoms with van der Waals surface area (Å²) < 4.78 is 2.00. The van der Waals surface area contributed by atoms with Gasteiger partial charge >= 0.3 is 0 Å². The first-order valence-electron chi connectivity index (χ1n) is 9.56. The standard InChI is InChI=1S/C22H26N4OS/c1-5-17-11-9-12-18(6-2)21(17)23-20(27)14-28-22-25-24-16(4)26(22)19-13-8-7-10-15(19)3/h7-13H,5-6,14H2,1-4H3,(H,23,27). The minimum absolute atomic E-state index is 0.0300. The number of benzene rings is 2. The molecule has 0 unspecified atom stereocenters. The fourth-order valence-electron chi connectivity index (χ4n) is 3.24. The smallest absolute Gasteiger partial charge is 0.234 e. The van der Waals surface area contributed by atoms with Crippen LogP contribution >= 0.6 is 11.8 Å². The van der Waals surface area contributed by atoms with Crippen molar-refractivity contribution in [2.45, 2.75) is 45.7 Å². The van der Waals surface area contributed by atoms with Crippen molar-refractivity contribution in [1.82, 2.24) is 14.8 Å². The second-order valence-corrected chi connectivity index (χ2v) is 7.59. The van der Waals surface area contributed by atoms with Crippen LogP contribution in [0.15, 0.2) is 47.6 Å². The van der Waals surface area contributed by atoms with E-state index in [0.29, 0.717) is 0 Å². The number of carbonyl (C=O) groups is 1. The van der Waals surface area contributed by atoms with Gasteiger partial charge in [-0.05, 0) is 49.4 Å². The molecule has 0 bridgehead atoms. The number of carbonyl (C=O) groups excluding carboxylic acids is 1. The zero-order valence-electron chi connectivity index (χ0n) is 16.8. The second-order valence-electron chi connectivity index (χ2n) is 6.65. The Hall–Kier alpha value is -2.60. The van der Waals surface area contributed by atoms with Crippen molar-refractivity contribution in [2.24, 2.45) is 0 Å². The maximum absolute atomic E-state index is 12.7. The Labute approximate surface area is 170 Å². The number of aryl methyl sites for hydroxylation is 4. The summed E-state index contributed by atoms with van der Waals surface area (Å²) in [6.45, 7) is 8.19. The average Bonchev–Trinajstić information content (AvgIpc) is 3.07. The second kappa shape index (κ2) is 9.06. The maximum atomic E-state index is 12.7. The number of amides is 1. The van der Waals surface area contributed by atoms with Gasteiger partial charge in [0.05, 0.1) is 11.4 Å². The summed E-state index contributed by atoms with van der Waals surface area (Å²) in [6, 6.07) is 14.3. The van der Waals surface area contributed by atoms with Gasteiger partial charge in [-0.2, -0.15) is 0 Å². The Morgan fingerprint density at radius 2 is 1.68 bits per heavy atom. The summed E-state index contributed by atoms with van der Waals surface area (Å²) in [4.78, 5) is 12.7. The first-order valence-corrected chi connectivity index (χ1v) is 10.5. The van der Waals surface area contributed by atoms with Gasteiger partial charge in [-0.15, -0.1) is 10.2 Å². The molecule has 0 spiro atoms. The molecule has 3 aromatic rings. The van der Waals surface area contributed by atoms with Crippen molar-refractivity contribution in [3.63, 3.8) is 0 Å². The van der Waals surface area contributed by atoms with Crippen LogP contribution < -0.4 is 5.32 Å². The average molecular weight is 395 g/mol. The van der Waals surface area contributed by atoms with E-state index in [9.17, 15) is 4.79 Å². The van der Waals surface area contributed by atoms with E-state index < -0.39 is 0 Å². The molecule has 1 N–H and O–H groups in total. The third-order valence-electron chi connectivity index (χ3n) is 4.75. The molecule has 0 atom stereocenters. The van der Waals surface area contributed by atoms with Crippen molar-refractivity contribution in [3.05, 3.63) is 65.0 Å². The number of aromatic nitrogens is 3. The number of nitrogens with zero attached hydrogens (tertiary/aromatic N) is 3. The number of hydrogen-bond donors (Lipinski definition) is 1. The molecule has 0 aliphatic heterocycles. The molecular weight excluding hydrogens is 368 g/mol. The van der Waals surface area contributed by atoms with E-state index in [-0.39, 0.29) is 11.7 Å². The molecule has 0 radical (unpaired) electrons. The van der Waals surface area contributed by atoms with Crippen LogP contribution in [0.25, 0.3) is 5.69 Å². The number of anilines is 1. The number of rotatable bonds is 7. The van der Waals surface area contributed by atoms with E-state index in [1.165, 1.54) is 11.8 Å². The summed E-state index contributed by atoms with van der Waals surface area (Å²) in [5.41, 5.74) is 5.46. The van der Waals surface area contributed by atoms with E-state index in [1.807, 2.05) is 29.7 Å². The molecule has 28 heavy (non-hydrogen) atoms. The van der Waals surface area contributed by atoms with Gasteiger partial charge in [-0.25, -0.2) is 0 Å². The van der Waals surface area contributed by atoms with Gasteiger partial charge in [0.25, 0.3) is 0 Å². The van der Waals surface area contributed by atoms with Gasteiger partial charge < -0.3 is 5.32 Å². The Kier molecular flexibility index (Phi) is 6.52. The van der Waals surface area contributed by atoms with Crippen LogP contribution in [0, 0.1) is 13.8 Å². The molecular formula is C22H26N4OS. The Morgan fingerprint density at radius 3 is 2.32 bits per heavy atom. The SMILES string of the molecule is CCc1cccc(CC)c1NC(=O)CSc1nnc(C)n1-c1ccccc1C. The molecule has 1 heterocycles.